The van der Waals surface area contributed by atoms with Gasteiger partial charge in [-0.05, 0) is 49.8 Å². The molecule has 0 aromatic heterocycles. The molecule has 2 heterocycles. The zero-order chi connectivity index (χ0) is 11.1. The minimum absolute atomic E-state index is 0.177. The van der Waals surface area contributed by atoms with Crippen LogP contribution in [0.15, 0.2) is 18.2 Å². The van der Waals surface area contributed by atoms with Crippen LogP contribution in [0.5, 0.6) is 0 Å². The Morgan fingerprint density at radius 2 is 2.12 bits per heavy atom. The molecule has 3 heteroatoms. The van der Waals surface area contributed by atoms with Crippen LogP contribution in [0.2, 0.25) is 5.02 Å². The molecule has 2 atom stereocenters. The number of anilines is 1. The number of hydrogen-bond acceptors (Lipinski definition) is 2. The molecule has 0 amide bonds. The summed E-state index contributed by atoms with van der Waals surface area (Å²) in [6.45, 7) is 0. The van der Waals surface area contributed by atoms with Gasteiger partial charge in [-0.15, -0.1) is 0 Å². The Kier molecular flexibility index (Phi) is 2.56. The summed E-state index contributed by atoms with van der Waals surface area (Å²) in [5, 5.41) is 0.897. The van der Waals surface area contributed by atoms with Gasteiger partial charge in [0, 0.05) is 16.8 Å². The van der Waals surface area contributed by atoms with Gasteiger partial charge in [-0.3, -0.25) is 0 Å². The molecule has 1 aromatic carbocycles. The van der Waals surface area contributed by atoms with E-state index < -0.39 is 0 Å². The Hall–Kier alpha value is -0.730. The van der Waals surface area contributed by atoms with Crippen molar-refractivity contribution < 1.29 is 0 Å². The predicted molar refractivity (Wildman–Crippen MR) is 67.9 cm³/mol. The average molecular weight is 237 g/mol. The summed E-state index contributed by atoms with van der Waals surface area (Å²) < 4.78 is 0. The fraction of sp³-hybridized carbons (Fsp3) is 0.538. The van der Waals surface area contributed by atoms with Crippen molar-refractivity contribution in [2.75, 3.05) is 4.90 Å². The van der Waals surface area contributed by atoms with Crippen LogP contribution < -0.4 is 10.6 Å². The fourth-order valence-electron chi connectivity index (χ4n) is 3.12. The molecule has 0 bridgehead atoms. The topological polar surface area (TPSA) is 29.3 Å². The summed E-state index contributed by atoms with van der Waals surface area (Å²) in [4.78, 5) is 2.40. The van der Waals surface area contributed by atoms with E-state index >= 15 is 0 Å². The minimum atomic E-state index is 0.177. The van der Waals surface area contributed by atoms with Crippen molar-refractivity contribution in [1.82, 2.24) is 0 Å². The van der Waals surface area contributed by atoms with Crippen LogP contribution in [-0.4, -0.2) is 12.2 Å². The van der Waals surface area contributed by atoms with Gasteiger partial charge in [0.05, 0.1) is 6.17 Å². The first-order chi connectivity index (χ1) is 7.77. The zero-order valence-corrected chi connectivity index (χ0v) is 10.1. The van der Waals surface area contributed by atoms with E-state index in [9.17, 15) is 0 Å². The van der Waals surface area contributed by atoms with E-state index in [0.29, 0.717) is 6.04 Å². The first-order valence-electron chi connectivity index (χ1n) is 6.08. The summed E-state index contributed by atoms with van der Waals surface area (Å²) in [6.07, 6.45) is 6.12. The summed E-state index contributed by atoms with van der Waals surface area (Å²) >= 11 is 6.25. The Balaban J connectivity index is 2.06. The van der Waals surface area contributed by atoms with E-state index in [-0.39, 0.29) is 6.17 Å². The minimum Gasteiger partial charge on any atom is -0.353 e. The molecule has 1 fully saturated rings. The quantitative estimate of drug-likeness (QED) is 0.751. The summed E-state index contributed by atoms with van der Waals surface area (Å²) in [5.74, 6) is 0. The molecular formula is C13H17ClN2. The van der Waals surface area contributed by atoms with E-state index in [0.717, 1.165) is 17.9 Å². The van der Waals surface area contributed by atoms with Crippen molar-refractivity contribution in [3.8, 4) is 0 Å². The molecular weight excluding hydrogens is 220 g/mol. The van der Waals surface area contributed by atoms with Gasteiger partial charge in [-0.1, -0.05) is 17.7 Å². The predicted octanol–water partition coefficient (Wildman–Crippen LogP) is 2.93. The summed E-state index contributed by atoms with van der Waals surface area (Å²) in [7, 11) is 0. The van der Waals surface area contributed by atoms with Gasteiger partial charge in [0.2, 0.25) is 0 Å². The molecule has 86 valence electrons. The van der Waals surface area contributed by atoms with Crippen molar-refractivity contribution in [3.05, 3.63) is 28.8 Å². The molecule has 3 rings (SSSR count). The SMILES string of the molecule is NC1CCCC2CCc3c(Cl)cccc3N12. The Bertz CT molecular complexity index is 405. The van der Waals surface area contributed by atoms with E-state index in [4.69, 9.17) is 17.3 Å². The Morgan fingerprint density at radius 1 is 1.25 bits per heavy atom. The molecule has 2 aliphatic rings. The average Bonchev–Trinajstić information content (AvgIpc) is 2.29. The standard InChI is InChI=1S/C13H17ClN2/c14-11-4-2-5-12-10(11)8-7-9-3-1-6-13(15)16(9)12/h2,4-5,9,13H,1,3,6-8,15H2. The number of fused-ring (bicyclic) bond motifs is 3. The highest BCUT2D eigenvalue weighted by Gasteiger charge is 2.33. The molecule has 0 aliphatic carbocycles. The molecule has 1 saturated heterocycles. The maximum Gasteiger partial charge on any atom is 0.0774 e. The molecule has 16 heavy (non-hydrogen) atoms. The van der Waals surface area contributed by atoms with Crippen molar-refractivity contribution in [2.45, 2.75) is 44.3 Å². The molecule has 0 saturated carbocycles. The van der Waals surface area contributed by atoms with Crippen molar-refractivity contribution in [1.29, 1.82) is 0 Å². The smallest absolute Gasteiger partial charge is 0.0774 e. The van der Waals surface area contributed by atoms with Gasteiger partial charge < -0.3 is 10.6 Å². The van der Waals surface area contributed by atoms with Crippen LogP contribution in [0, 0.1) is 0 Å². The summed E-state index contributed by atoms with van der Waals surface area (Å²) in [6, 6.07) is 6.81. The number of nitrogens with zero attached hydrogens (tertiary/aromatic N) is 1. The molecule has 2 nitrogen and oxygen atoms in total. The number of rotatable bonds is 0. The third-order valence-electron chi connectivity index (χ3n) is 3.89. The van der Waals surface area contributed by atoms with Crippen LogP contribution in [-0.2, 0) is 6.42 Å². The van der Waals surface area contributed by atoms with Crippen LogP contribution in [0.1, 0.15) is 31.2 Å². The van der Waals surface area contributed by atoms with Crippen molar-refractivity contribution >= 4 is 17.3 Å². The van der Waals surface area contributed by atoms with Gasteiger partial charge in [0.1, 0.15) is 0 Å². The van der Waals surface area contributed by atoms with Crippen LogP contribution in [0.3, 0.4) is 0 Å². The lowest BCUT2D eigenvalue weighted by atomic mass is 9.88. The largest absolute Gasteiger partial charge is 0.353 e. The Morgan fingerprint density at radius 3 is 3.00 bits per heavy atom. The maximum absolute atomic E-state index is 6.25. The highest BCUT2D eigenvalue weighted by molar-refractivity contribution is 6.31. The number of nitrogens with two attached hydrogens (primary N) is 1. The lowest BCUT2D eigenvalue weighted by Gasteiger charge is -2.46. The number of benzene rings is 1. The lowest BCUT2D eigenvalue weighted by molar-refractivity contribution is 0.361. The highest BCUT2D eigenvalue weighted by Crippen LogP contribution is 2.39. The molecule has 0 radical (unpaired) electrons. The fourth-order valence-corrected chi connectivity index (χ4v) is 3.38. The molecule has 2 N–H and O–H groups in total. The second kappa shape index (κ2) is 3.94. The lowest BCUT2D eigenvalue weighted by Crippen LogP contribution is -2.53. The van der Waals surface area contributed by atoms with Gasteiger partial charge in [-0.2, -0.15) is 0 Å². The van der Waals surface area contributed by atoms with Crippen molar-refractivity contribution in [3.63, 3.8) is 0 Å². The number of halogens is 1. The van der Waals surface area contributed by atoms with Gasteiger partial charge in [-0.25, -0.2) is 0 Å². The third kappa shape index (κ3) is 1.52. The second-order valence-corrected chi connectivity index (χ2v) is 5.24. The van der Waals surface area contributed by atoms with E-state index in [1.165, 1.54) is 30.5 Å². The summed E-state index contributed by atoms with van der Waals surface area (Å²) in [5.41, 5.74) is 8.80. The third-order valence-corrected chi connectivity index (χ3v) is 4.24. The van der Waals surface area contributed by atoms with E-state index in [1.54, 1.807) is 0 Å². The van der Waals surface area contributed by atoms with Crippen molar-refractivity contribution in [2.24, 2.45) is 5.73 Å². The molecule has 2 unspecified atom stereocenters. The molecule has 0 spiro atoms. The van der Waals surface area contributed by atoms with Gasteiger partial charge in [0.25, 0.3) is 0 Å². The first-order valence-corrected chi connectivity index (χ1v) is 6.46. The Labute approximate surface area is 101 Å². The van der Waals surface area contributed by atoms with Crippen LogP contribution in [0.25, 0.3) is 0 Å². The normalized spacial score (nSPS) is 28.5. The maximum atomic E-state index is 6.25. The number of piperidine rings is 1. The van der Waals surface area contributed by atoms with E-state index in [2.05, 4.69) is 11.0 Å². The molecule has 1 aromatic rings. The highest BCUT2D eigenvalue weighted by atomic mass is 35.5. The van der Waals surface area contributed by atoms with Crippen LogP contribution >= 0.6 is 11.6 Å². The van der Waals surface area contributed by atoms with Crippen LogP contribution in [0.4, 0.5) is 5.69 Å². The zero-order valence-electron chi connectivity index (χ0n) is 9.32. The first kappa shape index (κ1) is 10.4. The second-order valence-electron chi connectivity index (χ2n) is 4.84. The van der Waals surface area contributed by atoms with E-state index in [1.807, 2.05) is 12.1 Å². The molecule has 2 aliphatic heterocycles. The van der Waals surface area contributed by atoms with Gasteiger partial charge >= 0.3 is 0 Å². The number of hydrogen-bond donors (Lipinski definition) is 1. The monoisotopic (exact) mass is 236 g/mol. The van der Waals surface area contributed by atoms with Gasteiger partial charge in [0.15, 0.2) is 0 Å².